The number of benzene rings is 4. The molecule has 2 aromatic heterocycles. The molecule has 7 atom stereocenters. The molecule has 1 saturated carbocycles. The Kier molecular flexibility index (Phi) is 18.7. The highest BCUT2D eigenvalue weighted by molar-refractivity contribution is 5.99. The van der Waals surface area contributed by atoms with E-state index in [2.05, 4.69) is 31.2 Å². The van der Waals surface area contributed by atoms with E-state index in [9.17, 15) is 4.79 Å². The number of aromatic amines is 1. The zero-order chi connectivity index (χ0) is 57.0. The van der Waals surface area contributed by atoms with Gasteiger partial charge in [-0.2, -0.15) is 0 Å². The van der Waals surface area contributed by atoms with Crippen molar-refractivity contribution in [3.05, 3.63) is 167 Å². The van der Waals surface area contributed by atoms with E-state index in [0.29, 0.717) is 36.5 Å². The van der Waals surface area contributed by atoms with Gasteiger partial charge in [-0.15, -0.1) is 0 Å². The van der Waals surface area contributed by atoms with Crippen molar-refractivity contribution < 1.29 is 43.0 Å². The normalized spacial score (nSPS) is 23.1. The van der Waals surface area contributed by atoms with Gasteiger partial charge >= 0.3 is 6.09 Å². The zero-order valence-corrected chi connectivity index (χ0v) is 46.1. The molecule has 2 saturated heterocycles. The first-order valence-corrected chi connectivity index (χ1v) is 28.9. The van der Waals surface area contributed by atoms with Crippen LogP contribution >= 0.6 is 0 Å². The summed E-state index contributed by atoms with van der Waals surface area (Å²) in [7, 11) is 0. The van der Waals surface area contributed by atoms with Gasteiger partial charge in [-0.05, 0) is 77.3 Å². The first-order valence-electron chi connectivity index (χ1n) is 28.9. The summed E-state index contributed by atoms with van der Waals surface area (Å²) >= 11 is 0. The number of hydrogen-bond acceptors (Lipinski definition) is 11. The average molecular weight is 1110 g/mol. The van der Waals surface area contributed by atoms with Gasteiger partial charge in [0, 0.05) is 74.4 Å². The molecular weight excluding hydrogens is 1040 g/mol. The highest BCUT2D eigenvalue weighted by atomic mass is 16.6. The van der Waals surface area contributed by atoms with Crippen molar-refractivity contribution in [3.63, 3.8) is 0 Å². The van der Waals surface area contributed by atoms with Crippen LogP contribution in [-0.2, 0) is 72.3 Å². The van der Waals surface area contributed by atoms with Gasteiger partial charge < -0.3 is 51.3 Å². The van der Waals surface area contributed by atoms with Crippen molar-refractivity contribution >= 4 is 52.3 Å². The minimum atomic E-state index is -1.28. The molecule has 6 aromatic rings. The minimum Gasteiger partial charge on any atom is -0.489 e. The minimum absolute atomic E-state index is 0.00626. The lowest BCUT2D eigenvalue weighted by Crippen LogP contribution is -2.61. The van der Waals surface area contributed by atoms with Crippen molar-refractivity contribution in [2.45, 2.75) is 133 Å². The summed E-state index contributed by atoms with van der Waals surface area (Å²) in [6.07, 6.45) is 7.05. The predicted octanol–water partition coefficient (Wildman–Crippen LogP) is 6.18. The molecule has 0 spiro atoms. The van der Waals surface area contributed by atoms with Crippen LogP contribution in [0.2, 0.25) is 0 Å². The summed E-state index contributed by atoms with van der Waals surface area (Å²) in [5.74, 6) is -3.49. The molecule has 0 radical (unpaired) electrons. The smallest absolute Gasteiger partial charge is 0.407 e. The molecule has 4 aromatic carbocycles. The van der Waals surface area contributed by atoms with Crippen molar-refractivity contribution in [2.24, 2.45) is 17.6 Å². The Hall–Kier alpha value is -8.38. The maximum atomic E-state index is 15.8. The van der Waals surface area contributed by atoms with E-state index in [-0.39, 0.29) is 76.4 Å². The van der Waals surface area contributed by atoms with Gasteiger partial charge in [0.2, 0.25) is 29.5 Å². The Morgan fingerprint density at radius 2 is 1.40 bits per heavy atom. The molecule has 18 nitrogen and oxygen atoms in total. The largest absolute Gasteiger partial charge is 0.489 e. The van der Waals surface area contributed by atoms with Crippen LogP contribution in [0.25, 0.3) is 10.9 Å². The van der Waals surface area contributed by atoms with E-state index < -0.39 is 77.9 Å². The molecule has 3 aliphatic heterocycles. The fraction of sp³-hybridized carbons (Fsp3) is 0.406. The highest BCUT2D eigenvalue weighted by Crippen LogP contribution is 2.33. The van der Waals surface area contributed by atoms with Gasteiger partial charge in [-0.1, -0.05) is 129 Å². The SMILES string of the molecule is NCCNC(=O)O[C@@H]1C[C@H]2C(=O)N[C@@H](CCc3ccccc3)C(=O)N[C@H](Cc3c[nH]c4ccccc34)C(=O)C[C@@H](CC3CCCCC3)C(=O)N[C@@H](Cc3ccc(OCc4ccccc4)cc3)C(=O)N3Cc4ncccc4C[C@H]3C(=O)N2C1. The number of rotatable bonds is 15. The number of H-pyrrole nitrogens is 1. The summed E-state index contributed by atoms with van der Waals surface area (Å²) in [5, 5.41) is 12.7. The first-order chi connectivity index (χ1) is 40.0. The van der Waals surface area contributed by atoms with Crippen LogP contribution in [0, 0.1) is 11.8 Å². The number of ether oxygens (including phenoxy) is 2. The van der Waals surface area contributed by atoms with E-state index in [0.717, 1.165) is 65.3 Å². The molecule has 3 fully saturated rings. The standard InChI is InChI=1S/C64H73N9O9/c65-28-30-67-64(80)82-49-36-56-61(77)69-52(27-24-41-13-4-1-5-14-41)60(76)70-53(33-47-37-68-51-21-11-10-20-50(47)51)58(74)35-46(31-42-15-6-2-7-16-42)59(75)71-54(32-43-22-25-48(26-23-43)81-40-44-17-8-3-9-18-44)62(78)73-39-55-45(19-12-29-66-55)34-57(73)63(79)72(56)38-49/h1,3-5,8-14,17-23,25-26,29,37,42,46,49,52-54,56-57,68H,2,6-7,15-16,24,27-28,30-36,38-40,65H2,(H,67,80)(H,69,77)(H,70,76)(H,71,75)/t46-,49-,52+,53-,54+,56+,57+/m1/s1. The Morgan fingerprint density at radius 1 is 0.683 bits per heavy atom. The van der Waals surface area contributed by atoms with Crippen LogP contribution in [0.5, 0.6) is 5.75 Å². The summed E-state index contributed by atoms with van der Waals surface area (Å²) in [5.41, 5.74) is 11.2. The average Bonchev–Trinajstić information content (AvgIpc) is 4.30. The number of fused-ring (bicyclic) bond motifs is 4. The van der Waals surface area contributed by atoms with Crippen molar-refractivity contribution in [2.75, 3.05) is 19.6 Å². The second-order valence-corrected chi connectivity index (χ2v) is 22.3. The van der Waals surface area contributed by atoms with Gasteiger partial charge in [0.1, 0.15) is 42.6 Å². The molecule has 1 aliphatic carbocycles. The Balaban J connectivity index is 1.05. The lowest BCUT2D eigenvalue weighted by molar-refractivity contribution is -0.151. The van der Waals surface area contributed by atoms with Crippen molar-refractivity contribution in [1.82, 2.24) is 41.0 Å². The third-order valence-electron chi connectivity index (χ3n) is 16.6. The quantitative estimate of drug-likeness (QED) is 0.0678. The number of carbonyl (C=O) groups excluding carboxylic acids is 7. The third kappa shape index (κ3) is 14.2. The molecule has 0 bridgehead atoms. The maximum absolute atomic E-state index is 15.8. The second kappa shape index (κ2) is 26.9. The summed E-state index contributed by atoms with van der Waals surface area (Å²) in [6, 6.07) is 31.7. The molecule has 7 N–H and O–H groups in total. The fourth-order valence-corrected chi connectivity index (χ4v) is 12.2. The van der Waals surface area contributed by atoms with Crippen LogP contribution < -0.4 is 31.7 Å². The lowest BCUT2D eigenvalue weighted by atomic mass is 9.80. The fourth-order valence-electron chi connectivity index (χ4n) is 12.2. The van der Waals surface area contributed by atoms with Crippen LogP contribution in [0.3, 0.4) is 0 Å². The number of aromatic nitrogens is 2. The number of Topliss-reactive ketones (excluding diaryl/α,β-unsaturated/α-hetero) is 1. The van der Waals surface area contributed by atoms with Crippen LogP contribution in [0.15, 0.2) is 134 Å². The monoisotopic (exact) mass is 1110 g/mol. The highest BCUT2D eigenvalue weighted by Gasteiger charge is 2.48. The van der Waals surface area contributed by atoms with Crippen LogP contribution in [0.1, 0.15) is 91.3 Å². The first kappa shape index (κ1) is 56.9. The number of nitrogens with one attached hydrogen (secondary N) is 5. The Morgan fingerprint density at radius 3 is 2.17 bits per heavy atom. The molecule has 18 heteroatoms. The molecular formula is C64H73N9O9. The van der Waals surface area contributed by atoms with Crippen LogP contribution in [0.4, 0.5) is 4.79 Å². The van der Waals surface area contributed by atoms with Gasteiger partial charge in [0.25, 0.3) is 0 Å². The number of amides is 6. The molecule has 82 heavy (non-hydrogen) atoms. The van der Waals surface area contributed by atoms with Gasteiger partial charge in [0.05, 0.1) is 24.8 Å². The number of aryl methyl sites for hydroxylation is 1. The molecule has 428 valence electrons. The number of ketones is 1. The number of para-hydroxylation sites is 1. The number of nitrogens with two attached hydrogens (primary N) is 1. The number of nitrogens with zero attached hydrogens (tertiary/aromatic N) is 3. The molecule has 10 rings (SSSR count). The Labute approximate surface area is 477 Å². The molecule has 6 amide bonds. The number of carbonyl (C=O) groups is 7. The van der Waals surface area contributed by atoms with Gasteiger partial charge in [-0.25, -0.2) is 4.79 Å². The molecule has 4 aliphatic rings. The third-order valence-corrected chi connectivity index (χ3v) is 16.6. The topological polar surface area (TPSA) is 247 Å². The summed E-state index contributed by atoms with van der Waals surface area (Å²) in [4.78, 5) is 116. The van der Waals surface area contributed by atoms with E-state index >= 15 is 28.8 Å². The van der Waals surface area contributed by atoms with E-state index in [1.807, 2.05) is 121 Å². The van der Waals surface area contributed by atoms with Crippen LogP contribution in [-0.4, -0.2) is 117 Å². The molecule has 5 heterocycles. The summed E-state index contributed by atoms with van der Waals surface area (Å²) < 4.78 is 11.9. The van der Waals surface area contributed by atoms with Gasteiger partial charge in [0.15, 0.2) is 5.78 Å². The van der Waals surface area contributed by atoms with E-state index in [4.69, 9.17) is 15.2 Å². The van der Waals surface area contributed by atoms with E-state index in [1.54, 1.807) is 12.3 Å². The number of pyridine rings is 1. The van der Waals surface area contributed by atoms with Crippen molar-refractivity contribution in [3.8, 4) is 5.75 Å². The summed E-state index contributed by atoms with van der Waals surface area (Å²) in [6.45, 7) is 0.299. The Bertz CT molecular complexity index is 3200. The number of alkyl carbamates (subject to hydrolysis) is 1. The van der Waals surface area contributed by atoms with Crippen molar-refractivity contribution in [1.29, 1.82) is 0 Å². The zero-order valence-electron chi connectivity index (χ0n) is 46.1. The molecule has 0 unspecified atom stereocenters. The predicted molar refractivity (Wildman–Crippen MR) is 308 cm³/mol. The second-order valence-electron chi connectivity index (χ2n) is 22.3. The van der Waals surface area contributed by atoms with E-state index in [1.165, 1.54) is 9.80 Å². The van der Waals surface area contributed by atoms with Gasteiger partial charge in [-0.3, -0.25) is 33.8 Å². The lowest BCUT2D eigenvalue weighted by Gasteiger charge is -2.40. The maximum Gasteiger partial charge on any atom is 0.407 e. The number of hydrogen-bond donors (Lipinski definition) is 6.